The van der Waals surface area contributed by atoms with Crippen molar-refractivity contribution in [1.29, 1.82) is 0 Å². The van der Waals surface area contributed by atoms with Crippen molar-refractivity contribution in [2.24, 2.45) is 10.9 Å². The molecule has 156 valence electrons. The van der Waals surface area contributed by atoms with Crippen molar-refractivity contribution in [2.45, 2.75) is 32.2 Å². The summed E-state index contributed by atoms with van der Waals surface area (Å²) >= 11 is 0. The lowest BCUT2D eigenvalue weighted by Crippen LogP contribution is -2.45. The van der Waals surface area contributed by atoms with Gasteiger partial charge in [0.1, 0.15) is 5.75 Å². The molecule has 1 aliphatic heterocycles. The molecule has 1 fully saturated rings. The minimum Gasteiger partial charge on any atom is -0.497 e. The van der Waals surface area contributed by atoms with E-state index in [-0.39, 0.29) is 17.9 Å². The lowest BCUT2D eigenvalue weighted by atomic mass is 10.0. The Balaban J connectivity index is 2.01. The van der Waals surface area contributed by atoms with Crippen LogP contribution in [-0.2, 0) is 9.53 Å². The summed E-state index contributed by atoms with van der Waals surface area (Å²) in [7, 11) is 4.83. The van der Waals surface area contributed by atoms with Gasteiger partial charge in [-0.25, -0.2) is 0 Å². The predicted molar refractivity (Wildman–Crippen MR) is 112 cm³/mol. The van der Waals surface area contributed by atoms with Gasteiger partial charge in [-0.2, -0.15) is 0 Å². The first-order chi connectivity index (χ1) is 13.6. The molecule has 7 nitrogen and oxygen atoms in total. The predicted octanol–water partition coefficient (Wildman–Crippen LogP) is 2.20. The maximum atomic E-state index is 11.6. The lowest BCUT2D eigenvalue weighted by Gasteiger charge is -2.35. The van der Waals surface area contributed by atoms with E-state index < -0.39 is 0 Å². The van der Waals surface area contributed by atoms with E-state index in [2.05, 4.69) is 32.7 Å². The van der Waals surface area contributed by atoms with Crippen molar-refractivity contribution in [3.05, 3.63) is 29.8 Å². The number of hydrogen-bond acceptors (Lipinski definition) is 5. The average molecular weight is 391 g/mol. The molecule has 7 heteroatoms. The number of ether oxygens (including phenoxy) is 2. The van der Waals surface area contributed by atoms with Crippen LogP contribution in [0.2, 0.25) is 0 Å². The highest BCUT2D eigenvalue weighted by Crippen LogP contribution is 2.25. The van der Waals surface area contributed by atoms with Crippen LogP contribution >= 0.6 is 0 Å². The smallest absolute Gasteiger partial charge is 0.310 e. The van der Waals surface area contributed by atoms with Crippen LogP contribution in [0.15, 0.2) is 29.3 Å². The molecule has 1 saturated heterocycles. The van der Waals surface area contributed by atoms with Crippen LogP contribution < -0.4 is 15.4 Å². The molecule has 1 aliphatic rings. The number of rotatable bonds is 8. The second-order valence-electron chi connectivity index (χ2n) is 7.14. The Labute approximate surface area is 168 Å². The molecule has 0 saturated carbocycles. The van der Waals surface area contributed by atoms with E-state index in [1.54, 1.807) is 14.2 Å². The highest BCUT2D eigenvalue weighted by Gasteiger charge is 2.23. The first kappa shape index (κ1) is 22.0. The van der Waals surface area contributed by atoms with Gasteiger partial charge >= 0.3 is 5.97 Å². The maximum Gasteiger partial charge on any atom is 0.310 e. The molecule has 0 aromatic heterocycles. The van der Waals surface area contributed by atoms with E-state index in [9.17, 15) is 4.79 Å². The Morgan fingerprint density at radius 2 is 1.75 bits per heavy atom. The highest BCUT2D eigenvalue weighted by molar-refractivity contribution is 5.80. The molecule has 0 aliphatic carbocycles. The number of hydrogen-bond donors (Lipinski definition) is 2. The van der Waals surface area contributed by atoms with Crippen LogP contribution in [0.5, 0.6) is 5.75 Å². The molecule has 2 rings (SSSR count). The van der Waals surface area contributed by atoms with Gasteiger partial charge in [0.05, 0.1) is 26.2 Å². The summed E-state index contributed by atoms with van der Waals surface area (Å²) in [5.41, 5.74) is 1.26. The van der Waals surface area contributed by atoms with Gasteiger partial charge in [0.15, 0.2) is 5.96 Å². The highest BCUT2D eigenvalue weighted by atomic mass is 16.5. The third-order valence-corrected chi connectivity index (χ3v) is 5.20. The van der Waals surface area contributed by atoms with E-state index in [0.29, 0.717) is 12.5 Å². The molecule has 1 heterocycles. The first-order valence-corrected chi connectivity index (χ1v) is 9.99. The van der Waals surface area contributed by atoms with E-state index in [1.807, 2.05) is 19.1 Å². The maximum absolute atomic E-state index is 11.6. The molecule has 1 aromatic carbocycles. The fourth-order valence-electron chi connectivity index (χ4n) is 3.46. The number of carbonyl (C=O) groups excluding carboxylic acids is 1. The third-order valence-electron chi connectivity index (χ3n) is 5.20. The molecule has 0 amide bonds. The summed E-state index contributed by atoms with van der Waals surface area (Å²) in [6.07, 6.45) is 3.76. The Kier molecular flexibility index (Phi) is 9.07. The van der Waals surface area contributed by atoms with Crippen molar-refractivity contribution in [2.75, 3.05) is 47.4 Å². The first-order valence-electron chi connectivity index (χ1n) is 9.99. The number of carbonyl (C=O) groups is 1. The molecule has 28 heavy (non-hydrogen) atoms. The number of benzene rings is 1. The van der Waals surface area contributed by atoms with Gasteiger partial charge in [-0.15, -0.1) is 0 Å². The van der Waals surface area contributed by atoms with Gasteiger partial charge in [-0.05, 0) is 43.6 Å². The number of methoxy groups -OCH3 is 2. The Morgan fingerprint density at radius 3 is 2.32 bits per heavy atom. The standard InChI is InChI=1S/C21H34N4O3/c1-16(20(26)28-4)14-23-21(22-2)24-15-19(25-12-6-5-7-13-25)17-8-10-18(27-3)11-9-17/h8-11,16,19H,5-7,12-15H2,1-4H3,(H2,22,23,24). The zero-order valence-corrected chi connectivity index (χ0v) is 17.5. The van der Waals surface area contributed by atoms with Crippen LogP contribution in [0.3, 0.4) is 0 Å². The number of esters is 1. The molecule has 0 spiro atoms. The Morgan fingerprint density at radius 1 is 1.11 bits per heavy atom. The molecule has 2 N–H and O–H groups in total. The minimum atomic E-state index is -0.233. The lowest BCUT2D eigenvalue weighted by molar-refractivity contribution is -0.144. The van der Waals surface area contributed by atoms with E-state index in [1.165, 1.54) is 31.9 Å². The summed E-state index contributed by atoms with van der Waals surface area (Å²) in [5, 5.41) is 6.63. The molecule has 2 atom stereocenters. The van der Waals surface area contributed by atoms with E-state index in [0.717, 1.165) is 25.4 Å². The van der Waals surface area contributed by atoms with Gasteiger partial charge in [0.2, 0.25) is 0 Å². The Hall–Kier alpha value is -2.28. The van der Waals surface area contributed by atoms with Crippen molar-refractivity contribution >= 4 is 11.9 Å². The summed E-state index contributed by atoms with van der Waals surface area (Å²) < 4.78 is 10.1. The second-order valence-corrected chi connectivity index (χ2v) is 7.14. The van der Waals surface area contributed by atoms with Crippen molar-refractivity contribution < 1.29 is 14.3 Å². The molecular weight excluding hydrogens is 356 g/mol. The van der Waals surface area contributed by atoms with E-state index in [4.69, 9.17) is 9.47 Å². The third kappa shape index (κ3) is 6.41. The largest absolute Gasteiger partial charge is 0.497 e. The van der Waals surface area contributed by atoms with Gasteiger partial charge in [0.25, 0.3) is 0 Å². The fraction of sp³-hybridized carbons (Fsp3) is 0.619. The average Bonchev–Trinajstić information content (AvgIpc) is 2.76. The zero-order valence-electron chi connectivity index (χ0n) is 17.5. The topological polar surface area (TPSA) is 75.2 Å². The van der Waals surface area contributed by atoms with Gasteiger partial charge < -0.3 is 20.1 Å². The number of likely N-dealkylation sites (tertiary alicyclic amines) is 1. The van der Waals surface area contributed by atoms with Crippen LogP contribution in [-0.4, -0.2) is 64.3 Å². The Bertz CT molecular complexity index is 627. The van der Waals surface area contributed by atoms with Crippen LogP contribution in [0.4, 0.5) is 0 Å². The van der Waals surface area contributed by atoms with Crippen LogP contribution in [0.25, 0.3) is 0 Å². The summed E-state index contributed by atoms with van der Waals surface area (Å²) in [6, 6.07) is 8.54. The monoisotopic (exact) mass is 390 g/mol. The van der Waals surface area contributed by atoms with Crippen molar-refractivity contribution in [1.82, 2.24) is 15.5 Å². The number of nitrogens with zero attached hydrogens (tertiary/aromatic N) is 2. The quantitative estimate of drug-likeness (QED) is 0.403. The van der Waals surface area contributed by atoms with Gasteiger partial charge in [-0.1, -0.05) is 25.5 Å². The van der Waals surface area contributed by atoms with Crippen LogP contribution in [0, 0.1) is 5.92 Å². The zero-order chi connectivity index (χ0) is 20.4. The van der Waals surface area contributed by atoms with Crippen LogP contribution in [0.1, 0.15) is 37.8 Å². The summed E-state index contributed by atoms with van der Waals surface area (Å²) in [6.45, 7) is 5.25. The van der Waals surface area contributed by atoms with Gasteiger partial charge in [-0.3, -0.25) is 14.7 Å². The molecule has 0 bridgehead atoms. The number of aliphatic imine (C=N–C) groups is 1. The molecule has 0 radical (unpaired) electrons. The molecule has 2 unspecified atom stereocenters. The molecular formula is C21H34N4O3. The second kappa shape index (κ2) is 11.5. The van der Waals surface area contributed by atoms with Gasteiger partial charge in [0, 0.05) is 20.1 Å². The van der Waals surface area contributed by atoms with E-state index >= 15 is 0 Å². The number of nitrogens with one attached hydrogen (secondary N) is 2. The summed E-state index contributed by atoms with van der Waals surface area (Å²) in [5.74, 6) is 1.09. The SMILES string of the molecule is CN=C(NCC(C)C(=O)OC)NCC(c1ccc(OC)cc1)N1CCCCC1. The normalized spacial score (nSPS) is 17.5. The number of guanidine groups is 1. The minimum absolute atomic E-state index is 0.229. The number of piperidine rings is 1. The fourth-order valence-corrected chi connectivity index (χ4v) is 3.46. The molecule has 1 aromatic rings. The van der Waals surface area contributed by atoms with Crippen molar-refractivity contribution in [3.63, 3.8) is 0 Å². The van der Waals surface area contributed by atoms with Crippen molar-refractivity contribution in [3.8, 4) is 5.75 Å². The summed E-state index contributed by atoms with van der Waals surface area (Å²) in [4.78, 5) is 18.4.